The van der Waals surface area contributed by atoms with Crippen molar-refractivity contribution in [1.82, 2.24) is 14.9 Å². The Hall–Kier alpha value is -3.37. The number of benzene rings is 1. The van der Waals surface area contributed by atoms with Gasteiger partial charge in [-0.05, 0) is 23.2 Å². The highest BCUT2D eigenvalue weighted by Crippen LogP contribution is 2.39. The monoisotopic (exact) mass is 465 g/mol. The molecule has 1 aliphatic rings. The van der Waals surface area contributed by atoms with E-state index < -0.39 is 13.6 Å². The lowest BCUT2D eigenvalue weighted by molar-refractivity contribution is -0.129. The van der Waals surface area contributed by atoms with E-state index in [2.05, 4.69) is 39.6 Å². The number of amides is 1. The lowest BCUT2D eigenvalue weighted by Crippen LogP contribution is -2.42. The standard InChI is InChI=1S/C23H31N7O2Si/c1-30-21(31)23(29-22(30)25,20(11-24)14-28-16-32-8-9-33(2,3)4)19-7-5-6-17(10-19)18-12-26-15-27-13-18/h5-7,10-15H,8-9,16,24H2,1-4H3,(H2,25,29). The summed E-state index contributed by atoms with van der Waals surface area (Å²) < 4.78 is 5.65. The van der Waals surface area contributed by atoms with Gasteiger partial charge in [0.15, 0.2) is 11.5 Å². The minimum Gasteiger partial charge on any atom is -0.404 e. The van der Waals surface area contributed by atoms with Crippen LogP contribution in [0.3, 0.4) is 0 Å². The molecule has 4 N–H and O–H groups in total. The fourth-order valence-corrected chi connectivity index (χ4v) is 4.20. The topological polar surface area (TPSA) is 132 Å². The molecule has 0 fully saturated rings. The van der Waals surface area contributed by atoms with Gasteiger partial charge in [-0.25, -0.2) is 15.0 Å². The van der Waals surface area contributed by atoms with E-state index in [9.17, 15) is 4.79 Å². The van der Waals surface area contributed by atoms with Crippen molar-refractivity contribution < 1.29 is 9.53 Å². The molecule has 33 heavy (non-hydrogen) atoms. The third-order valence-electron chi connectivity index (χ3n) is 5.40. The van der Waals surface area contributed by atoms with Gasteiger partial charge in [0, 0.05) is 57.7 Å². The number of nitrogens with two attached hydrogens (primary N) is 2. The van der Waals surface area contributed by atoms with Crippen molar-refractivity contribution in [3.63, 3.8) is 0 Å². The van der Waals surface area contributed by atoms with Gasteiger partial charge >= 0.3 is 0 Å². The largest absolute Gasteiger partial charge is 0.404 e. The van der Waals surface area contributed by atoms with Crippen LogP contribution in [0.5, 0.6) is 0 Å². The van der Waals surface area contributed by atoms with Gasteiger partial charge in [0.05, 0.1) is 0 Å². The average molecular weight is 466 g/mol. The molecular weight excluding hydrogens is 434 g/mol. The van der Waals surface area contributed by atoms with Crippen LogP contribution in [0.25, 0.3) is 11.1 Å². The van der Waals surface area contributed by atoms with Crippen LogP contribution in [0.2, 0.25) is 25.7 Å². The molecule has 3 rings (SSSR count). The smallest absolute Gasteiger partial charge is 0.266 e. The van der Waals surface area contributed by atoms with Crippen LogP contribution < -0.4 is 11.5 Å². The lowest BCUT2D eigenvalue weighted by atomic mass is 9.82. The average Bonchev–Trinajstić information content (AvgIpc) is 3.03. The molecular formula is C23H31N7O2Si. The zero-order valence-electron chi connectivity index (χ0n) is 19.5. The Morgan fingerprint density at radius 3 is 2.58 bits per heavy atom. The Morgan fingerprint density at radius 1 is 1.24 bits per heavy atom. The molecule has 0 radical (unpaired) electrons. The fraction of sp³-hybridized carbons (Fsp3) is 0.348. The fourth-order valence-electron chi connectivity index (χ4n) is 3.44. The maximum absolute atomic E-state index is 13.5. The van der Waals surface area contributed by atoms with Crippen LogP contribution >= 0.6 is 0 Å². The van der Waals surface area contributed by atoms with Crippen molar-refractivity contribution in [2.24, 2.45) is 21.5 Å². The summed E-state index contributed by atoms with van der Waals surface area (Å²) in [5, 5.41) is 0. The van der Waals surface area contributed by atoms with Gasteiger partial charge < -0.3 is 16.2 Å². The number of carbonyl (C=O) groups excluding carboxylic acids is 1. The summed E-state index contributed by atoms with van der Waals surface area (Å²) in [5.41, 5.74) is 13.3. The van der Waals surface area contributed by atoms with E-state index in [1.807, 2.05) is 24.3 Å². The molecule has 0 bridgehead atoms. The van der Waals surface area contributed by atoms with E-state index in [1.165, 1.54) is 17.4 Å². The summed E-state index contributed by atoms with van der Waals surface area (Å²) >= 11 is 0. The van der Waals surface area contributed by atoms with Crippen molar-refractivity contribution in [3.05, 3.63) is 60.3 Å². The first-order chi connectivity index (χ1) is 15.7. The molecule has 0 saturated heterocycles. The summed E-state index contributed by atoms with van der Waals surface area (Å²) in [6, 6.07) is 8.50. The van der Waals surface area contributed by atoms with Crippen molar-refractivity contribution in [2.45, 2.75) is 31.2 Å². The van der Waals surface area contributed by atoms with E-state index >= 15 is 0 Å². The first-order valence-corrected chi connectivity index (χ1v) is 14.4. The summed E-state index contributed by atoms with van der Waals surface area (Å²) in [6.07, 6.45) is 7.76. The summed E-state index contributed by atoms with van der Waals surface area (Å²) in [4.78, 5) is 31.9. The zero-order chi connectivity index (χ0) is 24.1. The van der Waals surface area contributed by atoms with Gasteiger partial charge in [-0.2, -0.15) is 0 Å². The van der Waals surface area contributed by atoms with Gasteiger partial charge in [0.2, 0.25) is 0 Å². The molecule has 174 valence electrons. The second-order valence-electron chi connectivity index (χ2n) is 9.03. The minimum absolute atomic E-state index is 0.104. The van der Waals surface area contributed by atoms with Crippen molar-refractivity contribution >= 4 is 26.2 Å². The molecule has 10 heteroatoms. The number of guanidine groups is 1. The van der Waals surface area contributed by atoms with Crippen molar-refractivity contribution in [3.8, 4) is 11.1 Å². The van der Waals surface area contributed by atoms with Crippen molar-refractivity contribution in [2.75, 3.05) is 20.4 Å². The summed E-state index contributed by atoms with van der Waals surface area (Å²) in [6.45, 7) is 7.69. The van der Waals surface area contributed by atoms with Crippen LogP contribution in [0.4, 0.5) is 0 Å². The molecule has 0 saturated carbocycles. The first kappa shape index (κ1) is 24.3. The molecule has 1 atom stereocenters. The zero-order valence-corrected chi connectivity index (χ0v) is 20.5. The molecule has 0 spiro atoms. The van der Waals surface area contributed by atoms with Gasteiger partial charge in [0.25, 0.3) is 5.91 Å². The second kappa shape index (κ2) is 10.0. The van der Waals surface area contributed by atoms with Gasteiger partial charge in [0.1, 0.15) is 13.1 Å². The van der Waals surface area contributed by atoms with E-state index in [1.54, 1.807) is 25.7 Å². The number of nitrogens with zero attached hydrogens (tertiary/aromatic N) is 5. The molecule has 9 nitrogen and oxygen atoms in total. The second-order valence-corrected chi connectivity index (χ2v) is 14.7. The summed E-state index contributed by atoms with van der Waals surface area (Å²) in [5.74, 6) is -0.211. The first-order valence-electron chi connectivity index (χ1n) is 10.7. The Balaban J connectivity index is 1.94. The minimum atomic E-state index is -1.44. The number of likely N-dealkylation sites (N-methyl/N-ethyl adjacent to an activating group) is 1. The van der Waals surface area contributed by atoms with Gasteiger partial charge in [-0.1, -0.05) is 37.8 Å². The number of ether oxygens (including phenoxy) is 1. The number of rotatable bonds is 9. The van der Waals surface area contributed by atoms with Crippen LogP contribution in [0.1, 0.15) is 5.56 Å². The van der Waals surface area contributed by atoms with Crippen LogP contribution in [0.15, 0.2) is 64.7 Å². The third kappa shape index (κ3) is 5.34. The molecule has 0 aliphatic carbocycles. The number of aliphatic imine (C=N–C) groups is 2. The molecule has 1 aromatic carbocycles. The van der Waals surface area contributed by atoms with E-state index in [4.69, 9.17) is 16.2 Å². The maximum atomic E-state index is 13.5. The number of carbonyl (C=O) groups is 1. The SMILES string of the molecule is CN1C(=O)C(C(C=NCOCC[Si](C)(C)C)=CN)(c2cccc(-c3cncnc3)c2)N=C1N. The molecule has 1 amide bonds. The predicted molar refractivity (Wildman–Crippen MR) is 133 cm³/mol. The molecule has 2 heterocycles. The normalized spacial score (nSPS) is 19.4. The number of hydrogen-bond donors (Lipinski definition) is 2. The highest BCUT2D eigenvalue weighted by molar-refractivity contribution is 6.76. The van der Waals surface area contributed by atoms with E-state index in [0.29, 0.717) is 17.7 Å². The highest BCUT2D eigenvalue weighted by Gasteiger charge is 2.50. The predicted octanol–water partition coefficient (Wildman–Crippen LogP) is 2.35. The Morgan fingerprint density at radius 2 is 1.97 bits per heavy atom. The highest BCUT2D eigenvalue weighted by atomic mass is 28.3. The van der Waals surface area contributed by atoms with Gasteiger partial charge in [-0.15, -0.1) is 0 Å². The lowest BCUT2D eigenvalue weighted by Gasteiger charge is -2.26. The number of aromatic nitrogens is 2. The number of hydrogen-bond acceptors (Lipinski definition) is 8. The van der Waals surface area contributed by atoms with E-state index in [-0.39, 0.29) is 18.6 Å². The van der Waals surface area contributed by atoms with Crippen LogP contribution in [-0.2, 0) is 15.1 Å². The Kier molecular flexibility index (Phi) is 7.39. The van der Waals surface area contributed by atoms with Crippen LogP contribution in [0, 0.1) is 0 Å². The molecule has 2 aromatic rings. The quantitative estimate of drug-likeness (QED) is 0.332. The molecule has 1 aliphatic heterocycles. The summed E-state index contributed by atoms with van der Waals surface area (Å²) in [7, 11) is 0.406. The Labute approximate surface area is 195 Å². The Bertz CT molecular complexity index is 1080. The molecule has 1 unspecified atom stereocenters. The maximum Gasteiger partial charge on any atom is 0.266 e. The van der Waals surface area contributed by atoms with Crippen molar-refractivity contribution in [1.29, 1.82) is 0 Å². The molecule has 1 aromatic heterocycles. The van der Waals surface area contributed by atoms with Gasteiger partial charge in [-0.3, -0.25) is 14.7 Å². The third-order valence-corrected chi connectivity index (χ3v) is 7.11. The van der Waals surface area contributed by atoms with Crippen LogP contribution in [-0.4, -0.2) is 61.4 Å². The van der Waals surface area contributed by atoms with E-state index in [0.717, 1.165) is 17.2 Å².